The summed E-state index contributed by atoms with van der Waals surface area (Å²) in [6.07, 6.45) is 4.78. The van der Waals surface area contributed by atoms with Crippen molar-refractivity contribution in [3.05, 3.63) is 41.0 Å². The second kappa shape index (κ2) is 8.83. The van der Waals surface area contributed by atoms with Crippen LogP contribution < -0.4 is 0 Å². The largest absolute Gasteiger partial charge is 0.444 e. The first-order chi connectivity index (χ1) is 11.2. The summed E-state index contributed by atoms with van der Waals surface area (Å²) in [7, 11) is 0. The maximum Gasteiger partial charge on any atom is 0.304 e. The number of hydrogen-bond acceptors (Lipinski definition) is 3. The lowest BCUT2D eigenvalue weighted by Crippen LogP contribution is -2.16. The van der Waals surface area contributed by atoms with E-state index >= 15 is 0 Å². The van der Waals surface area contributed by atoms with Gasteiger partial charge in [0.2, 0.25) is 0 Å². The van der Waals surface area contributed by atoms with Crippen LogP contribution in [0.1, 0.15) is 43.7 Å². The number of esters is 1. The number of carbonyl (C=O) groups is 1. The summed E-state index contributed by atoms with van der Waals surface area (Å²) < 4.78 is 5.34. The summed E-state index contributed by atoms with van der Waals surface area (Å²) in [5.41, 5.74) is 2.30. The summed E-state index contributed by atoms with van der Waals surface area (Å²) in [4.78, 5) is 11.4. The molecular weight excluding hydrogens is 288 g/mol. The molecule has 1 aliphatic rings. The highest BCUT2D eigenvalue weighted by atomic mass is 16.5. The Kier molecular flexibility index (Phi) is 6.48. The molecule has 1 aliphatic carbocycles. The quantitative estimate of drug-likeness (QED) is 0.689. The maximum absolute atomic E-state index is 11.4. The second-order valence-electron chi connectivity index (χ2n) is 5.28. The van der Waals surface area contributed by atoms with Gasteiger partial charge in [-0.05, 0) is 30.0 Å². The highest BCUT2D eigenvalue weighted by molar-refractivity contribution is 5.69. The van der Waals surface area contributed by atoms with Crippen LogP contribution in [0.5, 0.6) is 0 Å². The average molecular weight is 308 g/mol. The maximum atomic E-state index is 11.4. The van der Waals surface area contributed by atoms with E-state index in [1.165, 1.54) is 6.92 Å². The molecule has 118 valence electrons. The van der Waals surface area contributed by atoms with Crippen LogP contribution >= 0.6 is 0 Å². The molecule has 0 aromatic heterocycles. The Morgan fingerprint density at radius 1 is 1.30 bits per heavy atom. The van der Waals surface area contributed by atoms with Gasteiger partial charge >= 0.3 is 5.97 Å². The molecule has 0 spiro atoms. The Bertz CT molecular complexity index is 708. The first-order valence-electron chi connectivity index (χ1n) is 7.75. The van der Waals surface area contributed by atoms with Crippen LogP contribution in [0, 0.1) is 23.7 Å². The monoisotopic (exact) mass is 308 g/mol. The van der Waals surface area contributed by atoms with Gasteiger partial charge in [-0.15, -0.1) is 0 Å². The molecule has 0 saturated carbocycles. The van der Waals surface area contributed by atoms with Crippen LogP contribution in [0.2, 0.25) is 0 Å². The Labute approximate surface area is 137 Å². The highest BCUT2D eigenvalue weighted by Gasteiger charge is 2.14. The van der Waals surface area contributed by atoms with Crippen molar-refractivity contribution in [1.29, 1.82) is 0 Å². The van der Waals surface area contributed by atoms with Gasteiger partial charge in [0.15, 0.2) is 6.10 Å². The van der Waals surface area contributed by atoms with Gasteiger partial charge in [-0.1, -0.05) is 47.9 Å². The zero-order valence-electron chi connectivity index (χ0n) is 13.3. The third kappa shape index (κ3) is 5.33. The lowest BCUT2D eigenvalue weighted by molar-refractivity contribution is -0.142. The van der Waals surface area contributed by atoms with E-state index in [9.17, 15) is 9.90 Å². The molecule has 2 rings (SSSR count). The van der Waals surface area contributed by atoms with Crippen molar-refractivity contribution in [2.75, 3.05) is 0 Å². The minimum Gasteiger partial charge on any atom is -0.444 e. The molecule has 0 radical (unpaired) electrons. The van der Waals surface area contributed by atoms with Gasteiger partial charge in [-0.25, -0.2) is 0 Å². The highest BCUT2D eigenvalue weighted by Crippen LogP contribution is 2.17. The minimum atomic E-state index is -0.662. The predicted molar refractivity (Wildman–Crippen MR) is 89.9 cm³/mol. The summed E-state index contributed by atoms with van der Waals surface area (Å²) in [6, 6.07) is 7.52. The molecule has 0 aliphatic heterocycles. The Balaban J connectivity index is 2.44. The molecule has 23 heavy (non-hydrogen) atoms. The lowest BCUT2D eigenvalue weighted by Gasteiger charge is -2.12. The Hall–Kier alpha value is -2.49. The van der Waals surface area contributed by atoms with E-state index in [0.29, 0.717) is 5.57 Å². The van der Waals surface area contributed by atoms with Gasteiger partial charge in [0.25, 0.3) is 0 Å². The summed E-state index contributed by atoms with van der Waals surface area (Å²) in [5, 5.41) is 9.46. The number of rotatable bonds is 3. The molecule has 1 N–H and O–H groups in total. The van der Waals surface area contributed by atoms with Crippen molar-refractivity contribution < 1.29 is 14.6 Å². The number of aliphatic hydroxyl groups is 1. The molecule has 0 amide bonds. The van der Waals surface area contributed by atoms with E-state index in [0.717, 1.165) is 36.8 Å². The van der Waals surface area contributed by atoms with Gasteiger partial charge in [0, 0.05) is 19.8 Å². The molecule has 0 bridgehead atoms. The molecule has 1 unspecified atom stereocenters. The van der Waals surface area contributed by atoms with E-state index in [-0.39, 0.29) is 12.6 Å². The van der Waals surface area contributed by atoms with E-state index in [2.05, 4.69) is 23.7 Å². The molecule has 1 aromatic carbocycles. The fraction of sp³-hybridized carbons (Fsp3) is 0.350. The number of aliphatic hydroxyl groups excluding tert-OH is 1. The number of ether oxygens (including phenoxy) is 1. The van der Waals surface area contributed by atoms with E-state index in [4.69, 9.17) is 4.74 Å². The molecule has 1 aromatic rings. The van der Waals surface area contributed by atoms with Crippen LogP contribution in [-0.4, -0.2) is 17.2 Å². The predicted octanol–water partition coefficient (Wildman–Crippen LogP) is 3.07. The van der Waals surface area contributed by atoms with Crippen molar-refractivity contribution >= 4 is 12.0 Å². The van der Waals surface area contributed by atoms with Crippen molar-refractivity contribution in [1.82, 2.24) is 0 Å². The van der Waals surface area contributed by atoms with Crippen LogP contribution in [0.15, 0.2) is 29.8 Å². The van der Waals surface area contributed by atoms with Crippen LogP contribution in [0.4, 0.5) is 0 Å². The van der Waals surface area contributed by atoms with Crippen LogP contribution in [0.25, 0.3) is 6.08 Å². The molecule has 1 atom stereocenters. The van der Waals surface area contributed by atoms with E-state index in [1.807, 2.05) is 30.3 Å². The van der Waals surface area contributed by atoms with Crippen molar-refractivity contribution in [3.63, 3.8) is 0 Å². The standard InChI is InChI=1S/C20H20O3/c1-16(22)23-20-13-7-5-3-2-4-6-11-18(20)14-17-10-8-9-12-19(17)15-21/h8-10,12,14,20-21H,2-5,15H2,1H3/b18-14-. The summed E-state index contributed by atoms with van der Waals surface area (Å²) in [6.45, 7) is 1.31. The van der Waals surface area contributed by atoms with Crippen molar-refractivity contribution in [2.45, 2.75) is 45.3 Å². The molecule has 3 nitrogen and oxygen atoms in total. The molecule has 0 fully saturated rings. The number of carbonyl (C=O) groups excluding carboxylic acids is 1. The second-order valence-corrected chi connectivity index (χ2v) is 5.28. The fourth-order valence-corrected chi connectivity index (χ4v) is 2.26. The van der Waals surface area contributed by atoms with Crippen molar-refractivity contribution in [3.8, 4) is 23.7 Å². The van der Waals surface area contributed by atoms with Gasteiger partial charge in [0.05, 0.1) is 12.2 Å². The zero-order valence-corrected chi connectivity index (χ0v) is 13.3. The first-order valence-corrected chi connectivity index (χ1v) is 7.75. The molecule has 3 heteroatoms. The number of benzene rings is 1. The summed E-state index contributed by atoms with van der Waals surface area (Å²) >= 11 is 0. The topological polar surface area (TPSA) is 46.5 Å². The fourth-order valence-electron chi connectivity index (χ4n) is 2.26. The smallest absolute Gasteiger partial charge is 0.304 e. The molecular formula is C20H20O3. The van der Waals surface area contributed by atoms with Gasteiger partial charge in [-0.2, -0.15) is 0 Å². The third-order valence-electron chi connectivity index (χ3n) is 3.42. The lowest BCUT2D eigenvalue weighted by atomic mass is 10.0. The van der Waals surface area contributed by atoms with Gasteiger partial charge < -0.3 is 9.84 Å². The van der Waals surface area contributed by atoms with Gasteiger partial charge in [-0.3, -0.25) is 4.79 Å². The molecule has 0 saturated heterocycles. The normalized spacial score (nSPS) is 19.0. The number of hydrogen-bond donors (Lipinski definition) is 1. The van der Waals surface area contributed by atoms with Gasteiger partial charge in [0.1, 0.15) is 0 Å². The average Bonchev–Trinajstić information content (AvgIpc) is 2.55. The van der Waals surface area contributed by atoms with E-state index in [1.54, 1.807) is 0 Å². The van der Waals surface area contributed by atoms with Crippen molar-refractivity contribution in [2.24, 2.45) is 0 Å². The van der Waals surface area contributed by atoms with Crippen LogP contribution in [0.3, 0.4) is 0 Å². The third-order valence-corrected chi connectivity index (χ3v) is 3.42. The zero-order chi connectivity index (χ0) is 16.5. The first kappa shape index (κ1) is 16.9. The Morgan fingerprint density at radius 3 is 2.78 bits per heavy atom. The minimum absolute atomic E-state index is 0.0582. The Morgan fingerprint density at radius 2 is 2.04 bits per heavy atom. The van der Waals surface area contributed by atoms with E-state index < -0.39 is 6.10 Å². The molecule has 0 heterocycles. The van der Waals surface area contributed by atoms with Crippen LogP contribution in [-0.2, 0) is 16.1 Å². The SMILES string of the molecule is CC(=O)OC1C#CCCCCC#C/C1=C/c1ccccc1CO. The summed E-state index contributed by atoms with van der Waals surface area (Å²) in [5.74, 6) is 11.9.